The Balaban J connectivity index is 2.98. The van der Waals surface area contributed by atoms with Crippen molar-refractivity contribution in [3.05, 3.63) is 28.2 Å². The van der Waals surface area contributed by atoms with Gasteiger partial charge in [-0.05, 0) is 6.92 Å². The Morgan fingerprint density at radius 1 is 1.40 bits per heavy atom. The van der Waals surface area contributed by atoms with Crippen molar-refractivity contribution in [1.29, 1.82) is 0 Å². The molecule has 0 bridgehead atoms. The molecule has 0 aliphatic rings. The Kier molecular flexibility index (Phi) is 3.14. The summed E-state index contributed by atoms with van der Waals surface area (Å²) in [5, 5.41) is 0. The number of aromatic nitrogens is 1. The molecule has 5 heteroatoms. The van der Waals surface area contributed by atoms with Gasteiger partial charge in [-0.2, -0.15) is 0 Å². The van der Waals surface area contributed by atoms with Gasteiger partial charge >= 0.3 is 6.09 Å². The minimum atomic E-state index is -0.498. The van der Waals surface area contributed by atoms with Gasteiger partial charge in [0, 0.05) is 39.0 Å². The standard InChI is InChI=1S/C10H14N2O3/c1-7-5-8(6-9(13)12(7)4)15-10(14)11(2)3/h5-6H,1-4H3. The fraction of sp³-hybridized carbons (Fsp3) is 0.400. The average molecular weight is 210 g/mol. The Morgan fingerprint density at radius 3 is 2.47 bits per heavy atom. The molecule has 0 saturated carbocycles. The number of hydrogen-bond acceptors (Lipinski definition) is 3. The van der Waals surface area contributed by atoms with Crippen molar-refractivity contribution >= 4 is 6.09 Å². The molecular formula is C10H14N2O3. The smallest absolute Gasteiger partial charge is 0.410 e. The van der Waals surface area contributed by atoms with Crippen molar-refractivity contribution in [3.8, 4) is 5.75 Å². The van der Waals surface area contributed by atoms with E-state index in [1.807, 2.05) is 0 Å². The first-order valence-corrected chi connectivity index (χ1v) is 4.48. The first kappa shape index (κ1) is 11.3. The third-order valence-corrected chi connectivity index (χ3v) is 2.05. The summed E-state index contributed by atoms with van der Waals surface area (Å²) in [4.78, 5) is 23.9. The molecule has 0 aliphatic heterocycles. The van der Waals surface area contributed by atoms with Crippen molar-refractivity contribution in [1.82, 2.24) is 9.47 Å². The molecule has 5 nitrogen and oxygen atoms in total. The van der Waals surface area contributed by atoms with Gasteiger partial charge in [-0.25, -0.2) is 4.79 Å². The van der Waals surface area contributed by atoms with Crippen molar-refractivity contribution in [3.63, 3.8) is 0 Å². The third kappa shape index (κ3) is 2.59. The number of carbonyl (C=O) groups excluding carboxylic acids is 1. The molecule has 1 heterocycles. The molecule has 1 aromatic heterocycles. The maximum Gasteiger partial charge on any atom is 0.414 e. The zero-order valence-electron chi connectivity index (χ0n) is 9.27. The summed E-state index contributed by atoms with van der Waals surface area (Å²) in [5.74, 6) is 0.273. The average Bonchev–Trinajstić information content (AvgIpc) is 2.13. The lowest BCUT2D eigenvalue weighted by molar-refractivity contribution is 0.171. The highest BCUT2D eigenvalue weighted by Crippen LogP contribution is 2.09. The second-order valence-corrected chi connectivity index (χ2v) is 3.49. The number of amides is 1. The van der Waals surface area contributed by atoms with Crippen molar-refractivity contribution < 1.29 is 9.53 Å². The number of ether oxygens (including phenoxy) is 1. The first-order valence-electron chi connectivity index (χ1n) is 4.48. The van der Waals surface area contributed by atoms with E-state index in [1.165, 1.54) is 15.5 Å². The predicted octanol–water partition coefficient (Wildman–Crippen LogP) is 0.754. The van der Waals surface area contributed by atoms with Gasteiger partial charge in [0.2, 0.25) is 0 Å². The molecule has 0 radical (unpaired) electrons. The van der Waals surface area contributed by atoms with Crippen LogP contribution >= 0.6 is 0 Å². The maximum absolute atomic E-state index is 11.4. The normalized spacial score (nSPS) is 9.87. The molecule has 0 atom stereocenters. The van der Waals surface area contributed by atoms with Crippen LogP contribution in [0.3, 0.4) is 0 Å². The predicted molar refractivity (Wildman–Crippen MR) is 56.1 cm³/mol. The van der Waals surface area contributed by atoms with Gasteiger partial charge < -0.3 is 14.2 Å². The monoisotopic (exact) mass is 210 g/mol. The Morgan fingerprint density at radius 2 is 2.00 bits per heavy atom. The molecular weight excluding hydrogens is 196 g/mol. The van der Waals surface area contributed by atoms with E-state index < -0.39 is 6.09 Å². The maximum atomic E-state index is 11.4. The molecule has 0 aromatic carbocycles. The van der Waals surface area contributed by atoms with Gasteiger partial charge in [0.25, 0.3) is 5.56 Å². The van der Waals surface area contributed by atoms with Gasteiger partial charge in [0.1, 0.15) is 5.75 Å². The van der Waals surface area contributed by atoms with E-state index in [2.05, 4.69) is 0 Å². The summed E-state index contributed by atoms with van der Waals surface area (Å²) in [6.07, 6.45) is -0.498. The first-order chi connectivity index (χ1) is 6.91. The summed E-state index contributed by atoms with van der Waals surface area (Å²) in [6, 6.07) is 2.93. The quantitative estimate of drug-likeness (QED) is 0.687. The minimum absolute atomic E-state index is 0.198. The van der Waals surface area contributed by atoms with E-state index >= 15 is 0 Å². The molecule has 0 spiro atoms. The van der Waals surface area contributed by atoms with Crippen molar-refractivity contribution in [2.45, 2.75) is 6.92 Å². The number of nitrogens with zero attached hydrogens (tertiary/aromatic N) is 2. The summed E-state index contributed by atoms with van der Waals surface area (Å²) in [7, 11) is 4.82. The van der Waals surface area contributed by atoms with Gasteiger partial charge in [-0.15, -0.1) is 0 Å². The van der Waals surface area contributed by atoms with Gasteiger partial charge in [0.05, 0.1) is 0 Å². The lowest BCUT2D eigenvalue weighted by atomic mass is 10.3. The van der Waals surface area contributed by atoms with Crippen LogP contribution < -0.4 is 10.3 Å². The Hall–Kier alpha value is -1.78. The van der Waals surface area contributed by atoms with Crippen molar-refractivity contribution in [2.24, 2.45) is 7.05 Å². The number of pyridine rings is 1. The van der Waals surface area contributed by atoms with E-state index in [0.717, 1.165) is 5.69 Å². The Labute approximate surface area is 87.9 Å². The fourth-order valence-electron chi connectivity index (χ4n) is 0.988. The highest BCUT2D eigenvalue weighted by molar-refractivity contribution is 5.69. The summed E-state index contributed by atoms with van der Waals surface area (Å²) >= 11 is 0. The highest BCUT2D eigenvalue weighted by atomic mass is 16.6. The molecule has 1 aromatic rings. The van der Waals surface area contributed by atoms with Crippen LogP contribution in [0.15, 0.2) is 16.9 Å². The van der Waals surface area contributed by atoms with Crippen LogP contribution in [-0.4, -0.2) is 29.7 Å². The second-order valence-electron chi connectivity index (χ2n) is 3.49. The summed E-state index contributed by atoms with van der Waals surface area (Å²) in [6.45, 7) is 1.77. The number of aryl methyl sites for hydroxylation is 1. The van der Waals surface area contributed by atoms with Crippen LogP contribution in [0.2, 0.25) is 0 Å². The molecule has 0 N–H and O–H groups in total. The number of rotatable bonds is 1. The molecule has 0 saturated heterocycles. The van der Waals surface area contributed by atoms with Crippen LogP contribution in [-0.2, 0) is 7.05 Å². The second kappa shape index (κ2) is 4.16. The SMILES string of the molecule is Cc1cc(OC(=O)N(C)C)cc(=O)n1C. The summed E-state index contributed by atoms with van der Waals surface area (Å²) < 4.78 is 6.45. The van der Waals surface area contributed by atoms with Crippen LogP contribution in [0.1, 0.15) is 5.69 Å². The van der Waals surface area contributed by atoms with E-state index in [9.17, 15) is 9.59 Å². The number of carbonyl (C=O) groups is 1. The highest BCUT2D eigenvalue weighted by Gasteiger charge is 2.08. The lowest BCUT2D eigenvalue weighted by Gasteiger charge is -2.11. The minimum Gasteiger partial charge on any atom is -0.410 e. The van der Waals surface area contributed by atoms with Crippen LogP contribution in [0.25, 0.3) is 0 Å². The van der Waals surface area contributed by atoms with E-state index in [1.54, 1.807) is 34.1 Å². The van der Waals surface area contributed by atoms with Crippen molar-refractivity contribution in [2.75, 3.05) is 14.1 Å². The molecule has 82 valence electrons. The number of hydrogen-bond donors (Lipinski definition) is 0. The Bertz CT molecular complexity index is 435. The van der Waals surface area contributed by atoms with Crippen LogP contribution in [0, 0.1) is 6.92 Å². The van der Waals surface area contributed by atoms with Gasteiger partial charge in [-0.1, -0.05) is 0 Å². The topological polar surface area (TPSA) is 51.5 Å². The van der Waals surface area contributed by atoms with Gasteiger partial charge in [0.15, 0.2) is 0 Å². The molecule has 0 aliphatic carbocycles. The van der Waals surface area contributed by atoms with E-state index in [-0.39, 0.29) is 11.3 Å². The third-order valence-electron chi connectivity index (χ3n) is 2.05. The zero-order chi connectivity index (χ0) is 11.6. The van der Waals surface area contributed by atoms with E-state index in [4.69, 9.17) is 4.74 Å². The fourth-order valence-corrected chi connectivity index (χ4v) is 0.988. The molecule has 0 fully saturated rings. The lowest BCUT2D eigenvalue weighted by Crippen LogP contribution is -2.26. The largest absolute Gasteiger partial charge is 0.414 e. The van der Waals surface area contributed by atoms with E-state index in [0.29, 0.717) is 0 Å². The van der Waals surface area contributed by atoms with Crippen LogP contribution in [0.5, 0.6) is 5.75 Å². The molecule has 0 unspecified atom stereocenters. The molecule has 15 heavy (non-hydrogen) atoms. The zero-order valence-corrected chi connectivity index (χ0v) is 9.27. The molecule has 1 amide bonds. The summed E-state index contributed by atoms with van der Waals surface area (Å²) in [5.41, 5.74) is 0.542. The van der Waals surface area contributed by atoms with Crippen LogP contribution in [0.4, 0.5) is 4.79 Å². The molecule has 1 rings (SSSR count). The van der Waals surface area contributed by atoms with Gasteiger partial charge in [-0.3, -0.25) is 4.79 Å².